The molecule has 1 saturated carbocycles. The molecule has 1 aromatic rings. The van der Waals surface area contributed by atoms with Crippen molar-refractivity contribution in [1.82, 2.24) is 0 Å². The van der Waals surface area contributed by atoms with E-state index in [9.17, 15) is 14.7 Å². The second-order valence-electron chi connectivity index (χ2n) is 9.10. The summed E-state index contributed by atoms with van der Waals surface area (Å²) >= 11 is 0. The Balaban J connectivity index is 2.30. The number of Topliss-reactive ketones (excluding diaryl/α,β-unsaturated/α-hetero) is 1. The number of carbonyl (C=O) groups excluding carboxylic acids is 1. The van der Waals surface area contributed by atoms with E-state index in [4.69, 9.17) is 0 Å². The van der Waals surface area contributed by atoms with Gasteiger partial charge in [0, 0.05) is 17.3 Å². The molecule has 0 bridgehead atoms. The normalized spacial score (nSPS) is 36.0. The van der Waals surface area contributed by atoms with E-state index in [1.54, 1.807) is 0 Å². The highest BCUT2D eigenvalue weighted by Crippen LogP contribution is 2.66. The Morgan fingerprint density at radius 2 is 1.77 bits per heavy atom. The fourth-order valence-corrected chi connectivity index (χ4v) is 6.71. The van der Waals surface area contributed by atoms with Crippen molar-refractivity contribution in [3.63, 3.8) is 0 Å². The van der Waals surface area contributed by atoms with Crippen molar-refractivity contribution in [2.75, 3.05) is 0 Å². The summed E-state index contributed by atoms with van der Waals surface area (Å²) < 4.78 is 0. The summed E-state index contributed by atoms with van der Waals surface area (Å²) in [5.74, 6) is -0.922. The molecule has 0 amide bonds. The molecular weight excluding hydrogens is 372 g/mol. The first-order valence-electron chi connectivity index (χ1n) is 11.6. The molecule has 1 aromatic carbocycles. The summed E-state index contributed by atoms with van der Waals surface area (Å²) in [7, 11) is 0. The molecule has 6 atom stereocenters. The lowest BCUT2D eigenvalue weighted by atomic mass is 9.46. The topological polar surface area (TPSA) is 54.4 Å². The van der Waals surface area contributed by atoms with Gasteiger partial charge >= 0.3 is 5.97 Å². The lowest BCUT2D eigenvalue weighted by Crippen LogP contribution is -2.56. The van der Waals surface area contributed by atoms with Gasteiger partial charge in [-0.2, -0.15) is 0 Å². The third-order valence-electron chi connectivity index (χ3n) is 8.19. The van der Waals surface area contributed by atoms with E-state index in [0.717, 1.165) is 12.0 Å². The molecule has 3 heteroatoms. The maximum absolute atomic E-state index is 13.2. The number of aliphatic carboxylic acids is 1. The van der Waals surface area contributed by atoms with Gasteiger partial charge < -0.3 is 5.11 Å². The first kappa shape index (κ1) is 22.5. The van der Waals surface area contributed by atoms with Crippen LogP contribution in [0.1, 0.15) is 65.9 Å². The minimum atomic E-state index is -0.989. The van der Waals surface area contributed by atoms with Gasteiger partial charge in [-0.05, 0) is 43.1 Å². The Morgan fingerprint density at radius 1 is 1.10 bits per heavy atom. The summed E-state index contributed by atoms with van der Waals surface area (Å²) in [4.78, 5) is 26.4. The first-order chi connectivity index (χ1) is 14.3. The van der Waals surface area contributed by atoms with E-state index in [1.807, 2.05) is 51.1 Å². The van der Waals surface area contributed by atoms with Crippen molar-refractivity contribution in [3.05, 3.63) is 53.6 Å². The van der Waals surface area contributed by atoms with E-state index in [-0.39, 0.29) is 29.5 Å². The Labute approximate surface area is 181 Å². The van der Waals surface area contributed by atoms with Crippen LogP contribution in [-0.4, -0.2) is 16.9 Å². The fraction of sp³-hybridized carbons (Fsp3) is 0.556. The van der Waals surface area contributed by atoms with E-state index < -0.39 is 16.8 Å². The summed E-state index contributed by atoms with van der Waals surface area (Å²) in [5.41, 5.74) is 0.726. The Hall–Kier alpha value is -2.16. The van der Waals surface area contributed by atoms with Gasteiger partial charge in [-0.3, -0.25) is 9.59 Å². The van der Waals surface area contributed by atoms with Gasteiger partial charge in [-0.25, -0.2) is 0 Å². The van der Waals surface area contributed by atoms with Crippen molar-refractivity contribution in [2.45, 2.75) is 60.3 Å². The summed E-state index contributed by atoms with van der Waals surface area (Å²) in [6.45, 7) is 10.3. The zero-order valence-electron chi connectivity index (χ0n) is 19.0. The number of ketones is 1. The average molecular weight is 409 g/mol. The summed E-state index contributed by atoms with van der Waals surface area (Å²) in [5, 5.41) is 10.8. The molecule has 30 heavy (non-hydrogen) atoms. The van der Waals surface area contributed by atoms with Gasteiger partial charge in [0.25, 0.3) is 0 Å². The number of hydrogen-bond donors (Lipinski definition) is 1. The van der Waals surface area contributed by atoms with Crippen LogP contribution < -0.4 is 0 Å². The maximum Gasteiger partial charge on any atom is 0.311 e. The third kappa shape index (κ3) is 3.09. The minimum Gasteiger partial charge on any atom is -0.481 e. The zero-order valence-corrected chi connectivity index (χ0v) is 19.0. The molecule has 1 N–H and O–H groups in total. The molecular formula is C27H36O3. The van der Waals surface area contributed by atoms with E-state index >= 15 is 0 Å². The predicted molar refractivity (Wildman–Crippen MR) is 122 cm³/mol. The number of fused-ring (bicyclic) bond motifs is 1. The second kappa shape index (κ2) is 8.53. The van der Waals surface area contributed by atoms with Crippen LogP contribution in [0.25, 0.3) is 6.08 Å². The van der Waals surface area contributed by atoms with Gasteiger partial charge in [0.05, 0.1) is 5.41 Å². The van der Waals surface area contributed by atoms with E-state index in [1.165, 1.54) is 5.57 Å². The van der Waals surface area contributed by atoms with Crippen molar-refractivity contribution < 1.29 is 14.7 Å². The fourth-order valence-electron chi connectivity index (χ4n) is 6.71. The van der Waals surface area contributed by atoms with Crippen molar-refractivity contribution in [2.24, 2.45) is 34.5 Å². The molecule has 0 aliphatic heterocycles. The molecule has 3 rings (SSSR count). The van der Waals surface area contributed by atoms with Gasteiger partial charge in [0.1, 0.15) is 5.78 Å². The lowest BCUT2D eigenvalue weighted by molar-refractivity contribution is -0.165. The van der Waals surface area contributed by atoms with Crippen LogP contribution in [0.15, 0.2) is 48.1 Å². The number of carbonyl (C=O) groups is 2. The Morgan fingerprint density at radius 3 is 2.27 bits per heavy atom. The number of allylic oxidation sites excluding steroid dienone is 3. The van der Waals surface area contributed by atoms with Crippen LogP contribution in [0.5, 0.6) is 0 Å². The first-order valence-corrected chi connectivity index (χ1v) is 11.6. The molecule has 3 nitrogen and oxygen atoms in total. The molecule has 162 valence electrons. The highest BCUT2D eigenvalue weighted by molar-refractivity contribution is 5.90. The van der Waals surface area contributed by atoms with Gasteiger partial charge in [-0.15, -0.1) is 0 Å². The van der Waals surface area contributed by atoms with Crippen LogP contribution in [-0.2, 0) is 9.59 Å². The van der Waals surface area contributed by atoms with Crippen LogP contribution in [0, 0.1) is 34.5 Å². The number of rotatable bonds is 7. The summed E-state index contributed by atoms with van der Waals surface area (Å²) in [6, 6.07) is 10.1. The van der Waals surface area contributed by atoms with Gasteiger partial charge in [0.15, 0.2) is 0 Å². The van der Waals surface area contributed by atoms with Crippen LogP contribution >= 0.6 is 0 Å². The summed E-state index contributed by atoms with van der Waals surface area (Å²) in [6.07, 6.45) is 9.22. The molecule has 0 radical (unpaired) electrons. The standard InChI is InChI=1S/C27H36O3/c1-6-20-17-26(8-3,16-15-19-13-11-10-12-14-19)27(9-4,25(29)30)23-21(7-2)24(28)18(5)22(20)23/h10-18,21-23H,6-9H2,1-5H3,(H,29,30)/b16-15+/t18-,21?,22+,23?,26-,27-/m1/s1. The molecule has 0 heterocycles. The Bertz CT molecular complexity index is 852. The highest BCUT2D eigenvalue weighted by Gasteiger charge is 2.67. The highest BCUT2D eigenvalue weighted by atomic mass is 16.4. The minimum absolute atomic E-state index is 0.0355. The quantitative estimate of drug-likeness (QED) is 0.531. The molecule has 2 unspecified atom stereocenters. The van der Waals surface area contributed by atoms with Crippen LogP contribution in [0.2, 0.25) is 0 Å². The smallest absolute Gasteiger partial charge is 0.311 e. The third-order valence-corrected chi connectivity index (χ3v) is 8.19. The number of carboxylic acid groups (broad SMARTS) is 1. The molecule has 2 aliphatic rings. The van der Waals surface area contributed by atoms with Gasteiger partial charge in [0.2, 0.25) is 0 Å². The second-order valence-corrected chi connectivity index (χ2v) is 9.10. The zero-order chi connectivity index (χ0) is 22.1. The van der Waals surface area contributed by atoms with Crippen LogP contribution in [0.4, 0.5) is 0 Å². The average Bonchev–Trinajstić information content (AvgIpc) is 3.02. The van der Waals surface area contributed by atoms with Crippen molar-refractivity contribution in [3.8, 4) is 0 Å². The van der Waals surface area contributed by atoms with E-state index in [0.29, 0.717) is 19.3 Å². The predicted octanol–water partition coefficient (Wildman–Crippen LogP) is 6.40. The number of hydrogen-bond acceptors (Lipinski definition) is 2. The SMILES string of the molecule is CCC1=C[C@](/C=C/c2ccccc2)(CC)[C@@](CC)(C(=O)O)C2C(CC)C(=O)[C@H](C)[C@@H]12. The monoisotopic (exact) mass is 408 g/mol. The maximum atomic E-state index is 13.2. The largest absolute Gasteiger partial charge is 0.481 e. The molecule has 1 fully saturated rings. The number of benzene rings is 1. The van der Waals surface area contributed by atoms with E-state index in [2.05, 4.69) is 32.1 Å². The molecule has 0 aromatic heterocycles. The number of carboxylic acids is 1. The van der Waals surface area contributed by atoms with Gasteiger partial charge in [-0.1, -0.05) is 88.8 Å². The molecule has 2 aliphatic carbocycles. The van der Waals surface area contributed by atoms with Crippen molar-refractivity contribution in [1.29, 1.82) is 0 Å². The Kier molecular flexibility index (Phi) is 6.40. The van der Waals surface area contributed by atoms with Crippen molar-refractivity contribution >= 4 is 17.8 Å². The molecule has 0 spiro atoms. The molecule has 0 saturated heterocycles. The van der Waals surface area contributed by atoms with Crippen LogP contribution in [0.3, 0.4) is 0 Å². The lowest BCUT2D eigenvalue weighted by Gasteiger charge is -2.55.